The molecule has 0 radical (unpaired) electrons. The van der Waals surface area contributed by atoms with Crippen molar-refractivity contribution in [3.8, 4) is 0 Å². The number of hydrogen-bond donors (Lipinski definition) is 1. The molecule has 1 aromatic rings. The molecule has 108 valence electrons. The van der Waals surface area contributed by atoms with Gasteiger partial charge in [-0.05, 0) is 18.0 Å². The van der Waals surface area contributed by atoms with Crippen molar-refractivity contribution in [2.45, 2.75) is 13.3 Å². The highest BCUT2D eigenvalue weighted by molar-refractivity contribution is 7.88. The molecular formula is C10H16Cl2N4O2S. The summed E-state index contributed by atoms with van der Waals surface area (Å²) in [5, 5.41) is 3.48. The van der Waals surface area contributed by atoms with Crippen LogP contribution in [0.4, 0.5) is 5.82 Å². The largest absolute Gasteiger partial charge is 0.369 e. The second kappa shape index (κ2) is 7.23. The van der Waals surface area contributed by atoms with Gasteiger partial charge in [-0.15, -0.1) is 0 Å². The van der Waals surface area contributed by atoms with Crippen molar-refractivity contribution in [3.63, 3.8) is 0 Å². The van der Waals surface area contributed by atoms with Crippen LogP contribution in [-0.2, 0) is 10.0 Å². The maximum atomic E-state index is 11.4. The van der Waals surface area contributed by atoms with Crippen LogP contribution in [0.25, 0.3) is 0 Å². The fourth-order valence-corrected chi connectivity index (χ4v) is 2.71. The van der Waals surface area contributed by atoms with Crippen molar-refractivity contribution in [3.05, 3.63) is 16.5 Å². The predicted molar refractivity (Wildman–Crippen MR) is 77.2 cm³/mol. The van der Waals surface area contributed by atoms with E-state index in [4.69, 9.17) is 23.2 Å². The lowest BCUT2D eigenvalue weighted by Gasteiger charge is -2.17. The highest BCUT2D eigenvalue weighted by Crippen LogP contribution is 2.19. The predicted octanol–water partition coefficient (Wildman–Crippen LogP) is 1.87. The summed E-state index contributed by atoms with van der Waals surface area (Å²) in [5.41, 5.74) is 0. The molecule has 0 aliphatic heterocycles. The lowest BCUT2D eigenvalue weighted by Crippen LogP contribution is -2.31. The molecule has 19 heavy (non-hydrogen) atoms. The zero-order valence-corrected chi connectivity index (χ0v) is 13.1. The molecule has 1 aromatic heterocycles. The fraction of sp³-hybridized carbons (Fsp3) is 0.600. The van der Waals surface area contributed by atoms with E-state index in [0.717, 1.165) is 0 Å². The lowest BCUT2D eigenvalue weighted by atomic mass is 10.4. The Bertz CT molecular complexity index is 524. The van der Waals surface area contributed by atoms with Gasteiger partial charge in [0.1, 0.15) is 10.8 Å². The van der Waals surface area contributed by atoms with Crippen molar-refractivity contribution in [1.29, 1.82) is 0 Å². The topological polar surface area (TPSA) is 75.2 Å². The Morgan fingerprint density at radius 2 is 2.11 bits per heavy atom. The van der Waals surface area contributed by atoms with E-state index >= 15 is 0 Å². The van der Waals surface area contributed by atoms with Crippen molar-refractivity contribution in [1.82, 2.24) is 14.3 Å². The van der Waals surface area contributed by atoms with Crippen LogP contribution in [0.3, 0.4) is 0 Å². The minimum absolute atomic E-state index is 0.109. The van der Waals surface area contributed by atoms with Crippen LogP contribution in [0, 0.1) is 0 Å². The van der Waals surface area contributed by atoms with Gasteiger partial charge in [0.2, 0.25) is 15.3 Å². The molecule has 1 rings (SSSR count). The molecule has 1 heterocycles. The SMILES string of the molecule is CCN(CCCNc1nc(Cl)ncc1Cl)S(C)(=O)=O. The van der Waals surface area contributed by atoms with Crippen LogP contribution in [-0.4, -0.2) is 48.6 Å². The number of nitrogens with zero attached hydrogens (tertiary/aromatic N) is 3. The molecule has 0 bridgehead atoms. The first-order valence-corrected chi connectivity index (χ1v) is 8.32. The second-order valence-corrected chi connectivity index (χ2v) is 6.60. The van der Waals surface area contributed by atoms with Crippen molar-refractivity contribution in [2.75, 3.05) is 31.2 Å². The second-order valence-electron chi connectivity index (χ2n) is 3.87. The maximum Gasteiger partial charge on any atom is 0.224 e. The number of hydrogen-bond acceptors (Lipinski definition) is 5. The van der Waals surface area contributed by atoms with Gasteiger partial charge in [0, 0.05) is 19.6 Å². The number of halogens is 2. The Morgan fingerprint density at radius 1 is 1.42 bits per heavy atom. The molecule has 0 spiro atoms. The number of sulfonamides is 1. The summed E-state index contributed by atoms with van der Waals surface area (Å²) < 4.78 is 24.1. The van der Waals surface area contributed by atoms with E-state index in [2.05, 4.69) is 15.3 Å². The molecule has 0 atom stereocenters. The Kier molecular flexibility index (Phi) is 6.25. The summed E-state index contributed by atoms with van der Waals surface area (Å²) in [7, 11) is -3.14. The molecule has 0 unspecified atom stereocenters. The Balaban J connectivity index is 2.45. The Hall–Kier alpha value is -0.630. The maximum absolute atomic E-state index is 11.4. The standard InChI is InChI=1S/C10H16Cl2N4O2S/c1-3-16(19(2,17)18)6-4-5-13-9-8(11)7-14-10(12)15-9/h7H,3-6H2,1-2H3,(H,13,14,15). The van der Waals surface area contributed by atoms with Crippen LogP contribution < -0.4 is 5.32 Å². The van der Waals surface area contributed by atoms with Crippen LogP contribution in [0.5, 0.6) is 0 Å². The Morgan fingerprint density at radius 3 is 2.68 bits per heavy atom. The van der Waals surface area contributed by atoms with Crippen LogP contribution in [0.2, 0.25) is 10.3 Å². The average Bonchev–Trinajstić information content (AvgIpc) is 2.31. The summed E-state index contributed by atoms with van der Waals surface area (Å²) in [6, 6.07) is 0. The third-order valence-electron chi connectivity index (χ3n) is 2.41. The summed E-state index contributed by atoms with van der Waals surface area (Å²) in [4.78, 5) is 7.67. The molecule has 0 saturated carbocycles. The zero-order chi connectivity index (χ0) is 14.5. The van der Waals surface area contributed by atoms with Gasteiger partial charge in [-0.25, -0.2) is 17.7 Å². The fourth-order valence-electron chi connectivity index (χ4n) is 1.49. The average molecular weight is 327 g/mol. The highest BCUT2D eigenvalue weighted by atomic mass is 35.5. The van der Waals surface area contributed by atoms with E-state index in [9.17, 15) is 8.42 Å². The van der Waals surface area contributed by atoms with E-state index in [1.165, 1.54) is 16.8 Å². The van der Waals surface area contributed by atoms with Crippen molar-refractivity contribution in [2.24, 2.45) is 0 Å². The van der Waals surface area contributed by atoms with Gasteiger partial charge in [-0.2, -0.15) is 4.98 Å². The van der Waals surface area contributed by atoms with Gasteiger partial charge < -0.3 is 5.32 Å². The summed E-state index contributed by atoms with van der Waals surface area (Å²) in [6.45, 7) is 3.24. The van der Waals surface area contributed by atoms with Gasteiger partial charge in [0.05, 0.1) is 12.5 Å². The van der Waals surface area contributed by atoms with Gasteiger partial charge in [-0.1, -0.05) is 18.5 Å². The van der Waals surface area contributed by atoms with Gasteiger partial charge in [0.15, 0.2) is 0 Å². The van der Waals surface area contributed by atoms with Crippen LogP contribution >= 0.6 is 23.2 Å². The van der Waals surface area contributed by atoms with E-state index in [1.54, 1.807) is 6.92 Å². The monoisotopic (exact) mass is 326 g/mol. The number of rotatable bonds is 7. The molecule has 0 amide bonds. The minimum atomic E-state index is -3.14. The molecule has 0 saturated heterocycles. The van der Waals surface area contributed by atoms with Gasteiger partial charge in [0.25, 0.3) is 0 Å². The molecule has 0 aromatic carbocycles. The van der Waals surface area contributed by atoms with Gasteiger partial charge in [-0.3, -0.25) is 0 Å². The molecule has 0 fully saturated rings. The smallest absolute Gasteiger partial charge is 0.224 e. The first-order chi connectivity index (χ1) is 8.84. The molecular weight excluding hydrogens is 311 g/mol. The van der Waals surface area contributed by atoms with E-state index in [1.807, 2.05) is 0 Å². The first kappa shape index (κ1) is 16.4. The van der Waals surface area contributed by atoms with Crippen molar-refractivity contribution < 1.29 is 8.42 Å². The third kappa shape index (κ3) is 5.48. The van der Waals surface area contributed by atoms with Crippen LogP contribution in [0.1, 0.15) is 13.3 Å². The molecule has 6 nitrogen and oxygen atoms in total. The normalized spacial score (nSPS) is 11.8. The summed E-state index contributed by atoms with van der Waals surface area (Å²) in [5.74, 6) is 0.448. The number of aromatic nitrogens is 2. The minimum Gasteiger partial charge on any atom is -0.369 e. The van der Waals surface area contributed by atoms with E-state index in [-0.39, 0.29) is 5.28 Å². The summed E-state index contributed by atoms with van der Waals surface area (Å²) >= 11 is 11.5. The molecule has 9 heteroatoms. The van der Waals surface area contributed by atoms with Gasteiger partial charge >= 0.3 is 0 Å². The first-order valence-electron chi connectivity index (χ1n) is 5.71. The number of nitrogens with one attached hydrogen (secondary N) is 1. The number of anilines is 1. The summed E-state index contributed by atoms with van der Waals surface area (Å²) in [6.07, 6.45) is 3.25. The van der Waals surface area contributed by atoms with Crippen molar-refractivity contribution >= 4 is 39.0 Å². The van der Waals surface area contributed by atoms with E-state index in [0.29, 0.717) is 36.9 Å². The molecule has 1 N–H and O–H groups in total. The highest BCUT2D eigenvalue weighted by Gasteiger charge is 2.13. The molecule has 0 aliphatic carbocycles. The third-order valence-corrected chi connectivity index (χ3v) is 4.25. The van der Waals surface area contributed by atoms with Crippen LogP contribution in [0.15, 0.2) is 6.20 Å². The zero-order valence-electron chi connectivity index (χ0n) is 10.7. The Labute approximate surface area is 123 Å². The molecule has 0 aliphatic rings. The lowest BCUT2D eigenvalue weighted by molar-refractivity contribution is 0.428. The quantitative estimate of drug-likeness (QED) is 0.611. The van der Waals surface area contributed by atoms with E-state index < -0.39 is 10.0 Å².